The molecule has 0 heterocycles. The minimum atomic E-state index is -5.02. The van der Waals surface area contributed by atoms with Gasteiger partial charge in [-0.05, 0) is 0 Å². The van der Waals surface area contributed by atoms with E-state index in [0.717, 1.165) is 0 Å². The maximum atomic E-state index is 9.51. The molecule has 0 aliphatic rings. The van der Waals surface area contributed by atoms with Crippen LogP contribution < -0.4 is 23.4 Å². The third-order valence-corrected chi connectivity index (χ3v) is 0.766. The molecule has 14 heteroatoms. The summed E-state index contributed by atoms with van der Waals surface area (Å²) in [6.45, 7) is 0. The molecule has 0 unspecified atom stereocenters. The van der Waals surface area contributed by atoms with Gasteiger partial charge >= 0.3 is 20.8 Å². The second kappa shape index (κ2) is 9.15. The van der Waals surface area contributed by atoms with E-state index < -0.39 is 20.8 Å². The third kappa shape index (κ3) is 29.9. The zero-order valence-electron chi connectivity index (χ0n) is 6.47. The van der Waals surface area contributed by atoms with Crippen LogP contribution in [0.5, 0.6) is 0 Å². The molecule has 0 saturated carbocycles. The summed E-state index contributed by atoms with van der Waals surface area (Å²) in [5.41, 5.74) is 0. The van der Waals surface area contributed by atoms with Gasteiger partial charge in [-0.1, -0.05) is 8.67 Å². The molecule has 0 aromatic rings. The van der Waals surface area contributed by atoms with E-state index in [-0.39, 0.29) is 0 Å². The van der Waals surface area contributed by atoms with E-state index >= 15 is 0 Å². The van der Waals surface area contributed by atoms with E-state index in [9.17, 15) is 16.8 Å². The topological polar surface area (TPSA) is 231 Å². The van der Waals surface area contributed by atoms with Crippen molar-refractivity contribution in [3.05, 3.63) is 0 Å². The van der Waals surface area contributed by atoms with Gasteiger partial charge in [0.1, 0.15) is 0 Å². The SMILES string of the molecule is NN.NN.O=S(=O)(O)OOS(=O)(=O)O. The van der Waals surface area contributed by atoms with Gasteiger partial charge < -0.3 is 0 Å². The predicted octanol–water partition coefficient (Wildman–Crippen LogP) is -3.82. The molecule has 0 spiro atoms. The van der Waals surface area contributed by atoms with Crippen molar-refractivity contribution in [1.82, 2.24) is 0 Å². The van der Waals surface area contributed by atoms with Crippen LogP contribution in [-0.4, -0.2) is 25.9 Å². The van der Waals surface area contributed by atoms with Crippen molar-refractivity contribution < 1.29 is 34.6 Å². The Morgan fingerprint density at radius 3 is 0.929 bits per heavy atom. The molecule has 0 rings (SSSR count). The van der Waals surface area contributed by atoms with Crippen molar-refractivity contribution in [2.24, 2.45) is 23.4 Å². The Hall–Kier alpha value is -0.420. The molecule has 14 heavy (non-hydrogen) atoms. The van der Waals surface area contributed by atoms with Crippen LogP contribution in [0.15, 0.2) is 0 Å². The highest BCUT2D eigenvalue weighted by Crippen LogP contribution is 1.92. The van der Waals surface area contributed by atoms with Gasteiger partial charge in [0.25, 0.3) is 0 Å². The smallest absolute Gasteiger partial charge is 0.274 e. The summed E-state index contributed by atoms with van der Waals surface area (Å²) in [5.74, 6) is 16.0. The fourth-order valence-electron chi connectivity index (χ4n) is 0.0702. The fourth-order valence-corrected chi connectivity index (χ4v) is 0.632. The predicted molar refractivity (Wildman–Crippen MR) is 42.0 cm³/mol. The lowest BCUT2D eigenvalue weighted by atomic mass is 13.0. The van der Waals surface area contributed by atoms with Crippen LogP contribution in [0.2, 0.25) is 0 Å². The first-order chi connectivity index (χ1) is 6.21. The molecule has 10 N–H and O–H groups in total. The van der Waals surface area contributed by atoms with Crippen molar-refractivity contribution in [2.75, 3.05) is 0 Å². The first kappa shape index (κ1) is 19.2. The Labute approximate surface area is 79.5 Å². The van der Waals surface area contributed by atoms with Gasteiger partial charge in [0.05, 0.1) is 0 Å². The minimum Gasteiger partial charge on any atom is -0.274 e. The molecule has 12 nitrogen and oxygen atoms in total. The Kier molecular flexibility index (Phi) is 12.5. The summed E-state index contributed by atoms with van der Waals surface area (Å²) in [5, 5.41) is 0. The van der Waals surface area contributed by atoms with Gasteiger partial charge in [-0.15, -0.1) is 0 Å². The molecule has 0 amide bonds. The molecular weight excluding hydrogens is 248 g/mol. The largest absolute Gasteiger partial charge is 0.425 e. The lowest BCUT2D eigenvalue weighted by Gasteiger charge is -1.92. The van der Waals surface area contributed by atoms with Gasteiger partial charge in [-0.3, -0.25) is 32.5 Å². The van der Waals surface area contributed by atoms with Gasteiger partial charge in [-0.25, -0.2) is 0 Å². The van der Waals surface area contributed by atoms with Crippen molar-refractivity contribution in [2.45, 2.75) is 0 Å². The van der Waals surface area contributed by atoms with Gasteiger partial charge in [-0.2, -0.15) is 16.8 Å². The minimum absolute atomic E-state index is 2.78. The Morgan fingerprint density at radius 2 is 0.857 bits per heavy atom. The molecule has 0 fully saturated rings. The number of nitrogens with two attached hydrogens (primary N) is 4. The lowest BCUT2D eigenvalue weighted by Crippen LogP contribution is -2.10. The average Bonchev–Trinajstić information content (AvgIpc) is 2.06. The van der Waals surface area contributed by atoms with Crippen molar-refractivity contribution in [3.8, 4) is 0 Å². The standard InChI is InChI=1S/2H4N2.H2O8S2/c2*1-2;1-9(2,3)7-8-10(4,5)6/h2*1-2H2;(H,1,2,3)(H,4,5,6). The molecule has 0 aromatic heterocycles. The van der Waals surface area contributed by atoms with Crippen LogP contribution in [0.4, 0.5) is 0 Å². The van der Waals surface area contributed by atoms with Crippen LogP contribution in [0.1, 0.15) is 0 Å². The highest BCUT2D eigenvalue weighted by atomic mass is 32.3. The Balaban J connectivity index is -0.000000266. The number of rotatable bonds is 3. The Bertz CT molecular complexity index is 255. The third-order valence-electron chi connectivity index (χ3n) is 0.200. The maximum Gasteiger partial charge on any atom is 0.425 e. The van der Waals surface area contributed by atoms with Crippen LogP contribution in [0.25, 0.3) is 0 Å². The summed E-state index contributed by atoms with van der Waals surface area (Å²) in [7, 11) is -10.0. The van der Waals surface area contributed by atoms with Crippen LogP contribution >= 0.6 is 0 Å². The highest BCUT2D eigenvalue weighted by Gasteiger charge is 2.13. The zero-order chi connectivity index (χ0) is 12.4. The normalized spacial score (nSPS) is 10.4. The molecule has 0 aliphatic heterocycles. The van der Waals surface area contributed by atoms with Crippen LogP contribution in [-0.2, 0) is 29.5 Å². The van der Waals surface area contributed by atoms with E-state index in [1.165, 1.54) is 0 Å². The van der Waals surface area contributed by atoms with Crippen LogP contribution in [0, 0.1) is 0 Å². The second-order valence-electron chi connectivity index (χ2n) is 0.992. The second-order valence-corrected chi connectivity index (χ2v) is 2.97. The summed E-state index contributed by atoms with van der Waals surface area (Å²) < 4.78 is 58.9. The quantitative estimate of drug-likeness (QED) is 0.124. The zero-order valence-corrected chi connectivity index (χ0v) is 8.10. The molecule has 0 atom stereocenters. The molecule has 0 saturated heterocycles. The molecule has 0 bridgehead atoms. The van der Waals surface area contributed by atoms with Crippen molar-refractivity contribution in [3.63, 3.8) is 0 Å². The molecular formula is H10N4O8S2. The van der Waals surface area contributed by atoms with Gasteiger partial charge in [0, 0.05) is 0 Å². The van der Waals surface area contributed by atoms with Crippen molar-refractivity contribution >= 4 is 20.8 Å². The number of hydrazine groups is 2. The highest BCUT2D eigenvalue weighted by molar-refractivity contribution is 7.83. The van der Waals surface area contributed by atoms with Crippen molar-refractivity contribution in [1.29, 1.82) is 0 Å². The first-order valence-corrected chi connectivity index (χ1v) is 4.93. The molecule has 0 radical (unpaired) electrons. The number of hydrogen-bond acceptors (Lipinski definition) is 10. The summed E-state index contributed by atoms with van der Waals surface area (Å²) >= 11 is 0. The van der Waals surface area contributed by atoms with E-state index in [1.54, 1.807) is 0 Å². The molecule has 0 aromatic carbocycles. The summed E-state index contributed by atoms with van der Waals surface area (Å²) in [6.07, 6.45) is 0. The number of hydrogen-bond donors (Lipinski definition) is 6. The van der Waals surface area contributed by atoms with E-state index in [1.807, 2.05) is 0 Å². The monoisotopic (exact) mass is 258 g/mol. The molecule has 0 aliphatic carbocycles. The van der Waals surface area contributed by atoms with Gasteiger partial charge in [0.2, 0.25) is 0 Å². The lowest BCUT2D eigenvalue weighted by molar-refractivity contribution is -0.105. The first-order valence-electron chi connectivity index (χ1n) is 2.20. The Morgan fingerprint density at radius 1 is 0.714 bits per heavy atom. The average molecular weight is 258 g/mol. The summed E-state index contributed by atoms with van der Waals surface area (Å²) in [6, 6.07) is 0. The van der Waals surface area contributed by atoms with E-state index in [4.69, 9.17) is 9.11 Å². The van der Waals surface area contributed by atoms with E-state index in [0.29, 0.717) is 0 Å². The molecule has 90 valence electrons. The fraction of sp³-hybridized carbons (Fsp3) is 0. The van der Waals surface area contributed by atoms with E-state index in [2.05, 4.69) is 32.0 Å². The maximum absolute atomic E-state index is 9.51. The van der Waals surface area contributed by atoms with Gasteiger partial charge in [0.15, 0.2) is 0 Å². The summed E-state index contributed by atoms with van der Waals surface area (Å²) in [4.78, 5) is 0. The van der Waals surface area contributed by atoms with Crippen LogP contribution in [0.3, 0.4) is 0 Å².